The number of alkyl halides is 1. The molecule has 23 heavy (non-hydrogen) atoms. The molecule has 1 aliphatic rings. The minimum atomic E-state index is -0.840. The summed E-state index contributed by atoms with van der Waals surface area (Å²) in [7, 11) is 1.74. The van der Waals surface area contributed by atoms with Crippen molar-refractivity contribution in [3.8, 4) is 0 Å². The summed E-state index contributed by atoms with van der Waals surface area (Å²) in [6.07, 6.45) is 1.38. The number of aromatic nitrogens is 1. The van der Waals surface area contributed by atoms with E-state index in [1.807, 2.05) is 22.2 Å². The second-order valence-corrected chi connectivity index (χ2v) is 7.42. The van der Waals surface area contributed by atoms with Gasteiger partial charge in [-0.3, -0.25) is 4.90 Å². The summed E-state index contributed by atoms with van der Waals surface area (Å²) in [6, 6.07) is 1.71. The fraction of sp³-hybridized carbons (Fsp3) is 0.467. The Hall–Kier alpha value is -1.51. The molecule has 3 heterocycles. The third-order valence-electron chi connectivity index (χ3n) is 3.90. The Balaban J connectivity index is 1.57. The van der Waals surface area contributed by atoms with Gasteiger partial charge in [0.1, 0.15) is 11.2 Å². The summed E-state index contributed by atoms with van der Waals surface area (Å²) >= 11 is 3.11. The van der Waals surface area contributed by atoms with Crippen LogP contribution in [0.4, 0.5) is 14.9 Å². The molecule has 0 aromatic carbocycles. The maximum Gasteiger partial charge on any atom is 0.321 e. The first-order valence-electron chi connectivity index (χ1n) is 7.42. The molecule has 5 nitrogen and oxygen atoms in total. The molecule has 2 atom stereocenters. The first kappa shape index (κ1) is 16.4. The van der Waals surface area contributed by atoms with Crippen molar-refractivity contribution in [2.75, 3.05) is 25.5 Å². The normalized spacial score (nSPS) is 21.5. The summed E-state index contributed by atoms with van der Waals surface area (Å²) in [5.41, 5.74) is 0.793. The van der Waals surface area contributed by atoms with Crippen LogP contribution in [0.25, 0.3) is 0 Å². The molecule has 2 aromatic heterocycles. The summed E-state index contributed by atoms with van der Waals surface area (Å²) in [5, 5.41) is 9.54. The lowest BCUT2D eigenvalue weighted by molar-refractivity contribution is 0.183. The number of likely N-dealkylation sites (tertiary alicyclic amines) is 1. The lowest BCUT2D eigenvalue weighted by Gasteiger charge is -2.27. The van der Waals surface area contributed by atoms with Gasteiger partial charge in [0.15, 0.2) is 0 Å². The zero-order chi connectivity index (χ0) is 16.2. The van der Waals surface area contributed by atoms with Crippen molar-refractivity contribution in [3.63, 3.8) is 0 Å². The standard InChI is InChI=1S/C15H19FN4OS2/c1-19(15(21)18-12-2-4-22-10-12)8-13-6-11(16)7-20(13)9-14-17-3-5-23-14/h2-5,10-11,13H,6-9H2,1H3,(H,18,21)/t11-,13-/m0/s1. The van der Waals surface area contributed by atoms with E-state index >= 15 is 0 Å². The summed E-state index contributed by atoms with van der Waals surface area (Å²) in [5.74, 6) is 0. The van der Waals surface area contributed by atoms with E-state index in [4.69, 9.17) is 0 Å². The third-order valence-corrected chi connectivity index (χ3v) is 5.35. The van der Waals surface area contributed by atoms with Gasteiger partial charge < -0.3 is 10.2 Å². The number of carbonyl (C=O) groups is 1. The Bertz CT molecular complexity index is 619. The number of likely N-dealkylation sites (N-methyl/N-ethyl adjacent to an activating group) is 1. The number of anilines is 1. The maximum atomic E-state index is 13.8. The van der Waals surface area contributed by atoms with Gasteiger partial charge in [-0.15, -0.1) is 11.3 Å². The van der Waals surface area contributed by atoms with E-state index in [9.17, 15) is 9.18 Å². The van der Waals surface area contributed by atoms with Crippen LogP contribution in [-0.2, 0) is 6.54 Å². The van der Waals surface area contributed by atoms with Gasteiger partial charge in [0.25, 0.3) is 0 Å². The van der Waals surface area contributed by atoms with Crippen molar-refractivity contribution in [2.24, 2.45) is 0 Å². The van der Waals surface area contributed by atoms with Crippen molar-refractivity contribution in [2.45, 2.75) is 25.2 Å². The second-order valence-electron chi connectivity index (χ2n) is 5.66. The average Bonchev–Trinajstić information content (AvgIpc) is 3.23. The lowest BCUT2D eigenvalue weighted by Crippen LogP contribution is -2.42. The number of amides is 2. The molecular formula is C15H19FN4OS2. The number of hydrogen-bond donors (Lipinski definition) is 1. The van der Waals surface area contributed by atoms with Crippen LogP contribution >= 0.6 is 22.7 Å². The summed E-state index contributed by atoms with van der Waals surface area (Å²) < 4.78 is 13.8. The van der Waals surface area contributed by atoms with Gasteiger partial charge in [0, 0.05) is 43.1 Å². The summed E-state index contributed by atoms with van der Waals surface area (Å²) in [4.78, 5) is 20.2. The Morgan fingerprint density at radius 2 is 2.43 bits per heavy atom. The van der Waals surface area contributed by atoms with Crippen LogP contribution in [0.1, 0.15) is 11.4 Å². The Morgan fingerprint density at radius 1 is 1.57 bits per heavy atom. The van der Waals surface area contributed by atoms with E-state index in [0.29, 0.717) is 26.1 Å². The van der Waals surface area contributed by atoms with Crippen LogP contribution in [0.2, 0.25) is 0 Å². The van der Waals surface area contributed by atoms with Gasteiger partial charge in [-0.1, -0.05) is 0 Å². The fourth-order valence-corrected chi connectivity index (χ4v) is 3.99. The number of urea groups is 1. The highest BCUT2D eigenvalue weighted by molar-refractivity contribution is 7.09. The van der Waals surface area contributed by atoms with Gasteiger partial charge in [-0.25, -0.2) is 14.2 Å². The van der Waals surface area contributed by atoms with Gasteiger partial charge >= 0.3 is 6.03 Å². The number of rotatable bonds is 5. The molecule has 0 unspecified atom stereocenters. The van der Waals surface area contributed by atoms with Crippen LogP contribution < -0.4 is 5.32 Å². The van der Waals surface area contributed by atoms with E-state index in [-0.39, 0.29) is 12.1 Å². The molecule has 124 valence electrons. The van der Waals surface area contributed by atoms with Crippen LogP contribution in [-0.4, -0.2) is 53.2 Å². The predicted octanol–water partition coefficient (Wildman–Crippen LogP) is 3.28. The van der Waals surface area contributed by atoms with Crippen molar-refractivity contribution in [1.29, 1.82) is 0 Å². The largest absolute Gasteiger partial charge is 0.326 e. The van der Waals surface area contributed by atoms with Crippen molar-refractivity contribution >= 4 is 34.4 Å². The quantitative estimate of drug-likeness (QED) is 0.896. The second kappa shape index (κ2) is 7.37. The van der Waals surface area contributed by atoms with Crippen LogP contribution in [0.3, 0.4) is 0 Å². The Morgan fingerprint density at radius 3 is 3.13 bits per heavy atom. The van der Waals surface area contributed by atoms with Gasteiger partial charge in [0.2, 0.25) is 0 Å². The van der Waals surface area contributed by atoms with E-state index in [1.54, 1.807) is 29.5 Å². The molecule has 0 bridgehead atoms. The van der Waals surface area contributed by atoms with Crippen LogP contribution in [0.5, 0.6) is 0 Å². The first-order chi connectivity index (χ1) is 11.1. The maximum absolute atomic E-state index is 13.8. The molecule has 0 spiro atoms. The Kier molecular flexibility index (Phi) is 5.24. The molecule has 3 rings (SSSR count). The first-order valence-corrected chi connectivity index (χ1v) is 9.25. The highest BCUT2D eigenvalue weighted by atomic mass is 32.1. The van der Waals surface area contributed by atoms with Gasteiger partial charge in [-0.2, -0.15) is 11.3 Å². The molecule has 8 heteroatoms. The molecular weight excluding hydrogens is 335 g/mol. The SMILES string of the molecule is CN(C[C@@H]1C[C@H](F)CN1Cc1nccs1)C(=O)Nc1ccsc1. The zero-order valence-electron chi connectivity index (χ0n) is 12.8. The fourth-order valence-electron chi connectivity index (χ4n) is 2.76. The molecule has 1 fully saturated rings. The molecule has 0 saturated carbocycles. The number of nitrogens with one attached hydrogen (secondary N) is 1. The molecule has 2 aromatic rings. The summed E-state index contributed by atoms with van der Waals surface area (Å²) in [6.45, 7) is 1.55. The number of thiazole rings is 1. The predicted molar refractivity (Wildman–Crippen MR) is 91.8 cm³/mol. The van der Waals surface area contributed by atoms with E-state index in [2.05, 4.69) is 15.2 Å². The molecule has 1 N–H and O–H groups in total. The van der Waals surface area contributed by atoms with Gasteiger partial charge in [0.05, 0.1) is 12.2 Å². The molecule has 2 amide bonds. The van der Waals surface area contributed by atoms with Crippen LogP contribution in [0, 0.1) is 0 Å². The third kappa shape index (κ3) is 4.27. The van der Waals surface area contributed by atoms with Crippen molar-refractivity contribution in [1.82, 2.24) is 14.8 Å². The minimum Gasteiger partial charge on any atom is -0.326 e. The smallest absolute Gasteiger partial charge is 0.321 e. The number of halogens is 1. The van der Waals surface area contributed by atoms with Crippen molar-refractivity contribution < 1.29 is 9.18 Å². The molecule has 0 radical (unpaired) electrons. The average molecular weight is 354 g/mol. The topological polar surface area (TPSA) is 48.5 Å². The number of carbonyl (C=O) groups excluding carboxylic acids is 1. The van der Waals surface area contributed by atoms with E-state index in [0.717, 1.165) is 10.7 Å². The van der Waals surface area contributed by atoms with Gasteiger partial charge in [-0.05, 0) is 17.9 Å². The highest BCUT2D eigenvalue weighted by Crippen LogP contribution is 2.24. The monoisotopic (exact) mass is 354 g/mol. The number of hydrogen-bond acceptors (Lipinski definition) is 5. The molecule has 0 aliphatic carbocycles. The molecule has 1 aliphatic heterocycles. The number of nitrogens with zero attached hydrogens (tertiary/aromatic N) is 3. The van der Waals surface area contributed by atoms with E-state index in [1.165, 1.54) is 11.3 Å². The number of thiophene rings is 1. The molecule has 1 saturated heterocycles. The van der Waals surface area contributed by atoms with Crippen molar-refractivity contribution in [3.05, 3.63) is 33.4 Å². The van der Waals surface area contributed by atoms with Crippen LogP contribution in [0.15, 0.2) is 28.4 Å². The van der Waals surface area contributed by atoms with E-state index < -0.39 is 6.17 Å². The minimum absolute atomic E-state index is 0.0205. The lowest BCUT2D eigenvalue weighted by atomic mass is 10.2. The Labute approximate surface area is 142 Å². The highest BCUT2D eigenvalue weighted by Gasteiger charge is 2.33. The zero-order valence-corrected chi connectivity index (χ0v) is 14.4.